The fraction of sp³-hybridized carbons (Fsp3) is 0.453. The summed E-state index contributed by atoms with van der Waals surface area (Å²) in [4.78, 5) is 34.1. The minimum atomic E-state index is -3.66. The monoisotopic (exact) mass is 1180 g/mol. The van der Waals surface area contributed by atoms with Crippen molar-refractivity contribution in [2.75, 3.05) is 49.7 Å². The fourth-order valence-electron chi connectivity index (χ4n) is 12.0. The highest BCUT2D eigenvalue weighted by Crippen LogP contribution is 2.51. The van der Waals surface area contributed by atoms with E-state index in [-0.39, 0.29) is 23.9 Å². The molecule has 0 amide bonds. The number of benzene rings is 4. The van der Waals surface area contributed by atoms with E-state index in [2.05, 4.69) is 63.2 Å². The maximum Gasteiger partial charge on any atom is 0.310 e. The number of anilines is 2. The lowest BCUT2D eigenvalue weighted by Gasteiger charge is -2.32. The standard InChI is InChI=1S/C22H26ClN5.C21H26ClN3O3S.C21H24N2O3/c23-19-13-24-22(25-14-19)28-8-6-16(7-9-28)20-11-17(20)3-1-2-15-4-5-21-18(10-15)12-26-27-21;1-15-2-4-19(5-3-15)29(26,27)28-11-8-17-12-20(17)16-6-9-25(10-7-16)21-23-13-18(22)14-24-21;1-21(2,3)26-20(24)12-16-7-10-19-17(11-16)13-22-23(19)14-15-5-8-18(25-4)9-6-15/h4-5,10,12-14,16-17,20H,1-3,6-9,11H2,(H,26,27);2-5,13-14,16-17,20H,6-12H2,1H3;5-11,13H,12,14H2,1-4H3/t2*17?,20-;/m11./s1. The van der Waals surface area contributed by atoms with Crippen molar-refractivity contribution in [3.05, 3.63) is 154 Å². The van der Waals surface area contributed by atoms with E-state index in [9.17, 15) is 13.2 Å². The summed E-state index contributed by atoms with van der Waals surface area (Å²) in [6.45, 7) is 12.5. The highest BCUT2D eigenvalue weighted by Gasteiger charge is 2.44. The first kappa shape index (κ1) is 59.5. The Kier molecular flexibility index (Phi) is 19.3. The van der Waals surface area contributed by atoms with E-state index in [1.54, 1.807) is 56.2 Å². The molecule has 2 unspecified atom stereocenters. The number of carbonyl (C=O) groups excluding carboxylic acids is 1. The first-order valence-electron chi connectivity index (χ1n) is 29.1. The van der Waals surface area contributed by atoms with Crippen molar-refractivity contribution in [3.63, 3.8) is 0 Å². The van der Waals surface area contributed by atoms with Crippen LogP contribution in [0.25, 0.3) is 21.8 Å². The van der Waals surface area contributed by atoms with E-state index < -0.39 is 15.7 Å². The number of nitrogens with one attached hydrogen (secondary N) is 1. The van der Waals surface area contributed by atoms with Gasteiger partial charge in [0.1, 0.15) is 11.4 Å². The molecular formula is C64H76Cl2N10O6S. The predicted octanol–water partition coefficient (Wildman–Crippen LogP) is 12.9. The summed E-state index contributed by atoms with van der Waals surface area (Å²) in [6, 6.07) is 27.3. The Morgan fingerprint density at radius 1 is 0.687 bits per heavy atom. The minimum absolute atomic E-state index is 0.220. The summed E-state index contributed by atoms with van der Waals surface area (Å²) in [7, 11) is -2.00. The number of piperidine rings is 2. The third kappa shape index (κ3) is 16.6. The number of ether oxygens (including phenoxy) is 2. The molecule has 19 heteroatoms. The molecule has 4 fully saturated rings. The molecule has 8 aromatic rings. The zero-order valence-electron chi connectivity index (χ0n) is 48.2. The Morgan fingerprint density at radius 3 is 1.84 bits per heavy atom. The van der Waals surface area contributed by atoms with Crippen LogP contribution in [0.1, 0.15) is 101 Å². The lowest BCUT2D eigenvalue weighted by Crippen LogP contribution is -2.35. The Labute approximate surface area is 497 Å². The van der Waals surface area contributed by atoms with Gasteiger partial charge >= 0.3 is 5.97 Å². The lowest BCUT2D eigenvalue weighted by atomic mass is 9.90. The number of nitrogens with zero attached hydrogens (tertiary/aromatic N) is 9. The van der Waals surface area contributed by atoms with Crippen LogP contribution < -0.4 is 14.5 Å². The van der Waals surface area contributed by atoms with Gasteiger partial charge in [-0.15, -0.1) is 0 Å². The molecule has 2 aliphatic heterocycles. The zero-order valence-corrected chi connectivity index (χ0v) is 50.5. The largest absolute Gasteiger partial charge is 0.497 e. The van der Waals surface area contributed by atoms with E-state index in [0.29, 0.717) is 34.3 Å². The average Bonchev–Trinajstić information content (AvgIpc) is 4.47. The molecule has 0 bridgehead atoms. The van der Waals surface area contributed by atoms with Crippen LogP contribution in [0.15, 0.2) is 127 Å². The lowest BCUT2D eigenvalue weighted by molar-refractivity contribution is -0.153. The SMILES string of the molecule is COc1ccc(Cn2ncc3cc(CC(=O)OC(C)(C)C)ccc32)cc1.Cc1ccc(S(=O)(=O)OCCC2C[C@@H]2C2CCN(c3ncc(Cl)cn3)CC2)cc1.Clc1cnc(N2CCC([C@H]3CC3CCCc3ccc4[nH]ncc4c3)CC2)nc1. The molecule has 16 nitrogen and oxygen atoms in total. The smallest absolute Gasteiger partial charge is 0.310 e. The molecule has 4 atom stereocenters. The summed E-state index contributed by atoms with van der Waals surface area (Å²) in [5, 5.41) is 15.0. The fourth-order valence-corrected chi connectivity index (χ4v) is 13.1. The van der Waals surface area contributed by atoms with Crippen LogP contribution >= 0.6 is 23.2 Å². The molecule has 0 radical (unpaired) electrons. The second-order valence-corrected chi connectivity index (χ2v) is 26.2. The number of carbonyl (C=O) groups is 1. The normalized spacial score (nSPS) is 19.2. The van der Waals surface area contributed by atoms with Crippen LogP contribution in [0, 0.1) is 42.4 Å². The van der Waals surface area contributed by atoms with Gasteiger partial charge in [-0.2, -0.15) is 18.6 Å². The van der Waals surface area contributed by atoms with Crippen molar-refractivity contribution in [3.8, 4) is 5.75 Å². The number of hydrogen-bond acceptors (Lipinski definition) is 14. The van der Waals surface area contributed by atoms with Crippen molar-refractivity contribution < 1.29 is 26.9 Å². The van der Waals surface area contributed by atoms with Gasteiger partial charge in [0.2, 0.25) is 11.9 Å². The van der Waals surface area contributed by atoms with Gasteiger partial charge in [0.25, 0.3) is 10.1 Å². The maximum atomic E-state index is 12.3. The number of halogens is 2. The number of esters is 1. The quantitative estimate of drug-likeness (QED) is 0.0632. The highest BCUT2D eigenvalue weighted by molar-refractivity contribution is 7.86. The molecule has 2 saturated heterocycles. The van der Waals surface area contributed by atoms with Crippen LogP contribution in [0.4, 0.5) is 11.9 Å². The Balaban J connectivity index is 0.000000139. The number of fused-ring (bicyclic) bond motifs is 2. The highest BCUT2D eigenvalue weighted by atomic mass is 35.5. The minimum Gasteiger partial charge on any atom is -0.497 e. The summed E-state index contributed by atoms with van der Waals surface area (Å²) in [6.07, 6.45) is 22.7. The van der Waals surface area contributed by atoms with Gasteiger partial charge in [-0.1, -0.05) is 65.2 Å². The Morgan fingerprint density at radius 2 is 1.25 bits per heavy atom. The number of aromatic amines is 1. The van der Waals surface area contributed by atoms with Crippen LogP contribution in [0.5, 0.6) is 5.75 Å². The number of methoxy groups -OCH3 is 1. The molecule has 4 aromatic carbocycles. The first-order valence-corrected chi connectivity index (χ1v) is 31.3. The molecule has 4 aliphatic rings. The van der Waals surface area contributed by atoms with Crippen LogP contribution in [-0.4, -0.2) is 99.8 Å². The van der Waals surface area contributed by atoms with Crippen molar-refractivity contribution >= 4 is 73.0 Å². The second kappa shape index (κ2) is 26.9. The third-order valence-corrected chi connectivity index (χ3v) is 18.3. The molecule has 0 spiro atoms. The van der Waals surface area contributed by atoms with Gasteiger partial charge < -0.3 is 19.3 Å². The number of aryl methyl sites for hydroxylation is 2. The van der Waals surface area contributed by atoms with Crippen LogP contribution in [0.2, 0.25) is 10.0 Å². The molecule has 6 heterocycles. The molecule has 2 aliphatic carbocycles. The van der Waals surface area contributed by atoms with Crippen molar-refractivity contribution in [2.45, 2.75) is 115 Å². The average molecular weight is 1180 g/mol. The van der Waals surface area contributed by atoms with Crippen molar-refractivity contribution in [2.24, 2.45) is 35.5 Å². The number of hydrogen-bond donors (Lipinski definition) is 1. The van der Waals surface area contributed by atoms with Crippen molar-refractivity contribution in [1.29, 1.82) is 0 Å². The molecular weight excluding hydrogens is 1110 g/mol. The van der Waals surface area contributed by atoms with Gasteiger partial charge in [-0.05, 0) is 193 Å². The van der Waals surface area contributed by atoms with Gasteiger partial charge in [0.15, 0.2) is 0 Å². The van der Waals surface area contributed by atoms with Crippen LogP contribution in [0.3, 0.4) is 0 Å². The number of H-pyrrole nitrogens is 1. The Hall–Kier alpha value is -6.66. The zero-order chi connectivity index (χ0) is 58.1. The number of rotatable bonds is 18. The summed E-state index contributed by atoms with van der Waals surface area (Å²) in [5.74, 6) is 6.92. The van der Waals surface area contributed by atoms with E-state index in [4.69, 9.17) is 36.9 Å². The van der Waals surface area contributed by atoms with E-state index in [0.717, 1.165) is 114 Å². The van der Waals surface area contributed by atoms with E-state index in [1.807, 2.05) is 87.2 Å². The molecule has 1 N–H and O–H groups in total. The third-order valence-electron chi connectivity index (χ3n) is 16.6. The summed E-state index contributed by atoms with van der Waals surface area (Å²) >= 11 is 11.8. The molecule has 438 valence electrons. The topological polar surface area (TPSA) is 183 Å². The first-order chi connectivity index (χ1) is 40.0. The summed E-state index contributed by atoms with van der Waals surface area (Å²) < 4.78 is 42.3. The second-order valence-electron chi connectivity index (χ2n) is 23.7. The van der Waals surface area contributed by atoms with Crippen molar-refractivity contribution in [1.82, 2.24) is 39.9 Å². The molecule has 83 heavy (non-hydrogen) atoms. The van der Waals surface area contributed by atoms with Gasteiger partial charge in [-0.3, -0.25) is 18.8 Å². The van der Waals surface area contributed by atoms with Gasteiger partial charge in [0.05, 0.1) is 89.8 Å². The van der Waals surface area contributed by atoms with Gasteiger partial charge in [-0.25, -0.2) is 19.9 Å². The van der Waals surface area contributed by atoms with Gasteiger partial charge in [0, 0.05) is 37.0 Å². The predicted molar refractivity (Wildman–Crippen MR) is 326 cm³/mol. The molecule has 4 aromatic heterocycles. The Bertz CT molecular complexity index is 3510. The maximum absolute atomic E-state index is 12.3. The number of aromatic nitrogens is 8. The molecule has 2 saturated carbocycles. The van der Waals surface area contributed by atoms with Crippen LogP contribution in [-0.2, 0) is 43.2 Å². The van der Waals surface area contributed by atoms with E-state index >= 15 is 0 Å². The molecule has 12 rings (SSSR count). The van der Waals surface area contributed by atoms with E-state index in [1.165, 1.54) is 55.9 Å². The summed E-state index contributed by atoms with van der Waals surface area (Å²) in [5.41, 5.74) is 6.23.